The first-order chi connectivity index (χ1) is 20.1. The second-order valence-electron chi connectivity index (χ2n) is 11.0. The number of morpholine rings is 1. The van der Waals surface area contributed by atoms with Crippen LogP contribution >= 0.6 is 0 Å². The van der Waals surface area contributed by atoms with E-state index in [1.165, 1.54) is 27.9 Å². The summed E-state index contributed by atoms with van der Waals surface area (Å²) < 4.78 is 11.4. The number of hydrogen-bond donors (Lipinski definition) is 0. The van der Waals surface area contributed by atoms with Crippen LogP contribution in [0, 0.1) is 0 Å². The Morgan fingerprint density at radius 2 is 1.83 bits per heavy atom. The monoisotopic (exact) mass is 549 g/mol. The minimum Gasteiger partial charge on any atom is -0.379 e. The summed E-state index contributed by atoms with van der Waals surface area (Å²) in [6.45, 7) is 5.47. The Morgan fingerprint density at radius 3 is 2.68 bits per heavy atom. The number of nitrogens with zero attached hydrogens (tertiary/aromatic N) is 9. The Bertz CT molecular complexity index is 1670. The molecule has 5 heterocycles. The number of ether oxygens (including phenoxy) is 1. The van der Waals surface area contributed by atoms with E-state index in [4.69, 9.17) is 24.9 Å². The number of fused-ring (bicyclic) bond motifs is 3. The number of aryl methyl sites for hydroxylation is 4. The van der Waals surface area contributed by atoms with Crippen molar-refractivity contribution in [1.29, 1.82) is 0 Å². The maximum Gasteiger partial charge on any atom is 0.134 e. The lowest BCUT2D eigenvalue weighted by atomic mass is 9.91. The first kappa shape index (κ1) is 25.8. The van der Waals surface area contributed by atoms with Gasteiger partial charge in [-0.2, -0.15) is 15.3 Å². The summed E-state index contributed by atoms with van der Waals surface area (Å²) >= 11 is 0. The zero-order chi connectivity index (χ0) is 27.8. The SMILES string of the molecule is Cn1cc(-c2cccc(Cc3c4c(nn3C)CCc3cnc(Cc5ccn(CCN6CCOCC6)n5)nc3-4)c2)cn1. The minimum atomic E-state index is 0.607. The van der Waals surface area contributed by atoms with Gasteiger partial charge in [-0.25, -0.2) is 9.97 Å². The van der Waals surface area contributed by atoms with Crippen LogP contribution < -0.4 is 0 Å². The first-order valence-electron chi connectivity index (χ1n) is 14.4. The van der Waals surface area contributed by atoms with Crippen molar-refractivity contribution in [3.63, 3.8) is 0 Å². The molecule has 1 aliphatic carbocycles. The van der Waals surface area contributed by atoms with E-state index >= 15 is 0 Å². The summed E-state index contributed by atoms with van der Waals surface area (Å²) in [5.41, 5.74) is 10.2. The molecule has 5 aromatic rings. The van der Waals surface area contributed by atoms with E-state index in [9.17, 15) is 0 Å². The zero-order valence-electron chi connectivity index (χ0n) is 23.7. The molecule has 0 bridgehead atoms. The fourth-order valence-electron chi connectivity index (χ4n) is 5.93. The molecule has 0 saturated carbocycles. The van der Waals surface area contributed by atoms with Crippen LogP contribution in [0.1, 0.15) is 34.0 Å². The fraction of sp³-hybridized carbons (Fsp3) is 0.387. The predicted molar refractivity (Wildman–Crippen MR) is 155 cm³/mol. The lowest BCUT2D eigenvalue weighted by Crippen LogP contribution is -2.38. The third kappa shape index (κ3) is 5.45. The molecule has 1 saturated heterocycles. The Labute approximate surface area is 239 Å². The van der Waals surface area contributed by atoms with Gasteiger partial charge in [-0.3, -0.25) is 18.9 Å². The van der Waals surface area contributed by atoms with Crippen LogP contribution in [0.15, 0.2) is 55.1 Å². The molecule has 0 amide bonds. The Kier molecular flexibility index (Phi) is 6.93. The summed E-state index contributed by atoms with van der Waals surface area (Å²) in [5, 5.41) is 14.1. The summed E-state index contributed by atoms with van der Waals surface area (Å²) in [6, 6.07) is 10.8. The lowest BCUT2D eigenvalue weighted by Gasteiger charge is -2.26. The van der Waals surface area contributed by atoms with Crippen LogP contribution in [0.3, 0.4) is 0 Å². The first-order valence-corrected chi connectivity index (χ1v) is 14.4. The Balaban J connectivity index is 1.12. The van der Waals surface area contributed by atoms with Gasteiger partial charge in [0.05, 0.1) is 55.2 Å². The third-order valence-corrected chi connectivity index (χ3v) is 8.14. The summed E-state index contributed by atoms with van der Waals surface area (Å²) in [5.74, 6) is 0.795. The van der Waals surface area contributed by atoms with Crippen LogP contribution in [-0.4, -0.2) is 77.1 Å². The van der Waals surface area contributed by atoms with Gasteiger partial charge < -0.3 is 4.74 Å². The van der Waals surface area contributed by atoms with Crippen LogP contribution in [-0.2, 0) is 51.1 Å². The molecule has 4 aromatic heterocycles. The molecule has 0 radical (unpaired) electrons. The average molecular weight is 550 g/mol. The summed E-state index contributed by atoms with van der Waals surface area (Å²) in [7, 11) is 3.99. The predicted octanol–water partition coefficient (Wildman–Crippen LogP) is 3.09. The smallest absolute Gasteiger partial charge is 0.134 e. The van der Waals surface area contributed by atoms with E-state index in [1.807, 2.05) is 46.7 Å². The largest absolute Gasteiger partial charge is 0.379 e. The molecule has 0 spiro atoms. The van der Waals surface area contributed by atoms with Crippen LogP contribution in [0.5, 0.6) is 0 Å². The van der Waals surface area contributed by atoms with Crippen molar-refractivity contribution in [3.05, 3.63) is 89.2 Å². The molecular weight excluding hydrogens is 514 g/mol. The van der Waals surface area contributed by atoms with E-state index in [0.29, 0.717) is 6.42 Å². The van der Waals surface area contributed by atoms with Crippen molar-refractivity contribution in [1.82, 2.24) is 44.2 Å². The van der Waals surface area contributed by atoms with E-state index in [2.05, 4.69) is 46.5 Å². The van der Waals surface area contributed by atoms with Crippen molar-refractivity contribution in [2.45, 2.75) is 32.2 Å². The molecule has 7 rings (SSSR count). The molecule has 10 heteroatoms. The summed E-state index contributed by atoms with van der Waals surface area (Å²) in [6.07, 6.45) is 11.2. The van der Waals surface area contributed by atoms with E-state index in [-0.39, 0.29) is 0 Å². The highest BCUT2D eigenvalue weighted by Gasteiger charge is 2.26. The Hall–Kier alpha value is -4.15. The number of rotatable bonds is 8. The van der Waals surface area contributed by atoms with E-state index < -0.39 is 0 Å². The van der Waals surface area contributed by atoms with Crippen LogP contribution in [0.4, 0.5) is 0 Å². The molecule has 0 N–H and O–H groups in total. The lowest BCUT2D eigenvalue weighted by molar-refractivity contribution is 0.0359. The van der Waals surface area contributed by atoms with Crippen molar-refractivity contribution in [2.24, 2.45) is 14.1 Å². The molecule has 2 aliphatic rings. The van der Waals surface area contributed by atoms with Crippen LogP contribution in [0.2, 0.25) is 0 Å². The highest BCUT2D eigenvalue weighted by Crippen LogP contribution is 2.35. The molecule has 1 aliphatic heterocycles. The van der Waals surface area contributed by atoms with Gasteiger partial charge in [0.1, 0.15) is 5.82 Å². The topological polar surface area (TPSA) is 91.7 Å². The third-order valence-electron chi connectivity index (χ3n) is 8.14. The second-order valence-corrected chi connectivity index (χ2v) is 11.0. The van der Waals surface area contributed by atoms with Gasteiger partial charge in [-0.05, 0) is 35.6 Å². The quantitative estimate of drug-likeness (QED) is 0.294. The van der Waals surface area contributed by atoms with Gasteiger partial charge >= 0.3 is 0 Å². The Morgan fingerprint density at radius 1 is 0.927 bits per heavy atom. The van der Waals surface area contributed by atoms with Crippen molar-refractivity contribution < 1.29 is 4.74 Å². The highest BCUT2D eigenvalue weighted by molar-refractivity contribution is 5.71. The van der Waals surface area contributed by atoms with E-state index in [0.717, 1.165) is 87.1 Å². The second kappa shape index (κ2) is 11.0. The van der Waals surface area contributed by atoms with Crippen molar-refractivity contribution >= 4 is 0 Å². The molecule has 41 heavy (non-hydrogen) atoms. The molecule has 210 valence electrons. The minimum absolute atomic E-state index is 0.607. The van der Waals surface area contributed by atoms with Crippen molar-refractivity contribution in [3.8, 4) is 22.4 Å². The van der Waals surface area contributed by atoms with E-state index in [1.54, 1.807) is 0 Å². The van der Waals surface area contributed by atoms with Gasteiger partial charge in [0, 0.05) is 69.9 Å². The average Bonchev–Trinajstić information content (AvgIpc) is 3.71. The highest BCUT2D eigenvalue weighted by atomic mass is 16.5. The van der Waals surface area contributed by atoms with Gasteiger partial charge in [0.2, 0.25) is 0 Å². The maximum absolute atomic E-state index is 5.46. The summed E-state index contributed by atoms with van der Waals surface area (Å²) in [4.78, 5) is 12.3. The number of benzene rings is 1. The van der Waals surface area contributed by atoms with Crippen molar-refractivity contribution in [2.75, 3.05) is 32.8 Å². The molecule has 1 fully saturated rings. The van der Waals surface area contributed by atoms with Crippen LogP contribution in [0.25, 0.3) is 22.4 Å². The fourth-order valence-corrected chi connectivity index (χ4v) is 5.93. The molecule has 0 unspecified atom stereocenters. The number of hydrogen-bond acceptors (Lipinski definition) is 7. The molecule has 0 atom stereocenters. The van der Waals surface area contributed by atoms with Gasteiger partial charge in [0.15, 0.2) is 0 Å². The van der Waals surface area contributed by atoms with Gasteiger partial charge in [-0.1, -0.05) is 24.3 Å². The van der Waals surface area contributed by atoms with Gasteiger partial charge in [-0.15, -0.1) is 0 Å². The maximum atomic E-state index is 5.46. The molecule has 10 nitrogen and oxygen atoms in total. The van der Waals surface area contributed by atoms with Gasteiger partial charge in [0.25, 0.3) is 0 Å². The number of aromatic nitrogens is 8. The molecular formula is C31H35N9O. The standard InChI is InChI=1S/C31H35N9O/c1-37-21-25(20-33-37)23-5-3-4-22(16-23)17-28-30-27(36-38(28)2)7-6-24-19-32-29(34-31(24)30)18-26-8-9-40(35-26)11-10-39-12-14-41-15-13-39/h3-5,8-9,16,19-21H,6-7,10-15,17-18H2,1-2H3. The molecule has 1 aromatic carbocycles. The normalized spacial score (nSPS) is 15.2. The zero-order valence-corrected chi connectivity index (χ0v) is 23.7.